The number of nitrogens with zero attached hydrogens (tertiary/aromatic N) is 3. The maximum Gasteiger partial charge on any atom is 0.323 e. The molecule has 1 aromatic carbocycles. The molecule has 0 saturated carbocycles. The van der Waals surface area contributed by atoms with E-state index >= 15 is 0 Å². The zero-order chi connectivity index (χ0) is 18.6. The number of carbonyl (C=O) groups excluding carboxylic acids is 1. The molecule has 0 atom stereocenters. The van der Waals surface area contributed by atoms with E-state index in [4.69, 9.17) is 5.11 Å². The van der Waals surface area contributed by atoms with Crippen LogP contribution >= 0.6 is 0 Å². The molecule has 1 amide bonds. The van der Waals surface area contributed by atoms with Crippen molar-refractivity contribution in [3.05, 3.63) is 40.4 Å². The van der Waals surface area contributed by atoms with Gasteiger partial charge in [-0.3, -0.25) is 19.0 Å². The standard InChI is InChI=1S/C18H23N3O4/c1-12(2)9-21(10-16(23)24)15(22)7-8-20-11-19-17-13(3)5-4-6-14(17)18(20)25/h4-6,11-12H,7-10H2,1-3H3,(H,23,24). The predicted molar refractivity (Wildman–Crippen MR) is 94.4 cm³/mol. The number of carbonyl (C=O) groups is 2. The van der Waals surface area contributed by atoms with E-state index in [0.29, 0.717) is 17.4 Å². The van der Waals surface area contributed by atoms with Crippen molar-refractivity contribution in [3.63, 3.8) is 0 Å². The Bertz CT molecular complexity index is 842. The zero-order valence-corrected chi connectivity index (χ0v) is 14.7. The topological polar surface area (TPSA) is 92.5 Å². The number of rotatable bonds is 7. The first-order valence-corrected chi connectivity index (χ1v) is 8.24. The first kappa shape index (κ1) is 18.6. The summed E-state index contributed by atoms with van der Waals surface area (Å²) in [7, 11) is 0. The van der Waals surface area contributed by atoms with Gasteiger partial charge in [0.25, 0.3) is 5.56 Å². The lowest BCUT2D eigenvalue weighted by Crippen LogP contribution is -2.39. The lowest BCUT2D eigenvalue weighted by Gasteiger charge is -2.22. The third-order valence-electron chi connectivity index (χ3n) is 3.89. The number of amides is 1. The fourth-order valence-corrected chi connectivity index (χ4v) is 2.73. The van der Waals surface area contributed by atoms with Crippen LogP contribution in [0.1, 0.15) is 25.8 Å². The molecule has 2 aromatic rings. The SMILES string of the molecule is Cc1cccc2c(=O)n(CCC(=O)N(CC(=O)O)CC(C)C)cnc12. The fourth-order valence-electron chi connectivity index (χ4n) is 2.73. The Morgan fingerprint density at radius 3 is 2.68 bits per heavy atom. The molecule has 134 valence electrons. The highest BCUT2D eigenvalue weighted by Crippen LogP contribution is 2.11. The van der Waals surface area contributed by atoms with Gasteiger partial charge in [-0.1, -0.05) is 26.0 Å². The minimum atomic E-state index is -1.05. The third kappa shape index (κ3) is 4.65. The Labute approximate surface area is 145 Å². The molecule has 0 aliphatic heterocycles. The highest BCUT2D eigenvalue weighted by Gasteiger charge is 2.18. The second-order valence-electron chi connectivity index (χ2n) is 6.53. The van der Waals surface area contributed by atoms with Crippen molar-refractivity contribution in [3.8, 4) is 0 Å². The van der Waals surface area contributed by atoms with Crippen molar-refractivity contribution < 1.29 is 14.7 Å². The van der Waals surface area contributed by atoms with Crippen molar-refractivity contribution in [2.45, 2.75) is 33.7 Å². The monoisotopic (exact) mass is 345 g/mol. The van der Waals surface area contributed by atoms with E-state index in [-0.39, 0.29) is 36.9 Å². The summed E-state index contributed by atoms with van der Waals surface area (Å²) in [6, 6.07) is 5.40. The summed E-state index contributed by atoms with van der Waals surface area (Å²) in [6.07, 6.45) is 1.49. The van der Waals surface area contributed by atoms with E-state index in [0.717, 1.165) is 5.56 Å². The minimum Gasteiger partial charge on any atom is -0.480 e. The molecule has 7 heteroatoms. The van der Waals surface area contributed by atoms with Gasteiger partial charge in [0.05, 0.1) is 17.2 Å². The van der Waals surface area contributed by atoms with Crippen LogP contribution in [0.5, 0.6) is 0 Å². The Hall–Kier alpha value is -2.70. The van der Waals surface area contributed by atoms with Crippen LogP contribution in [0.3, 0.4) is 0 Å². The number of benzene rings is 1. The van der Waals surface area contributed by atoms with E-state index in [1.54, 1.807) is 12.1 Å². The summed E-state index contributed by atoms with van der Waals surface area (Å²) < 4.78 is 1.40. The molecule has 0 unspecified atom stereocenters. The van der Waals surface area contributed by atoms with Crippen LogP contribution in [0.4, 0.5) is 0 Å². The van der Waals surface area contributed by atoms with Gasteiger partial charge in [0, 0.05) is 19.5 Å². The number of fused-ring (bicyclic) bond motifs is 1. The second-order valence-corrected chi connectivity index (χ2v) is 6.53. The van der Waals surface area contributed by atoms with Gasteiger partial charge in [-0.25, -0.2) is 4.98 Å². The Balaban J connectivity index is 2.15. The van der Waals surface area contributed by atoms with Gasteiger partial charge in [0.15, 0.2) is 0 Å². The number of para-hydroxylation sites is 1. The molecule has 0 spiro atoms. The summed E-state index contributed by atoms with van der Waals surface area (Å²) in [4.78, 5) is 41.4. The molecule has 0 fully saturated rings. The van der Waals surface area contributed by atoms with E-state index < -0.39 is 5.97 Å². The Kier molecular flexibility index (Phi) is 5.90. The van der Waals surface area contributed by atoms with Gasteiger partial charge in [-0.2, -0.15) is 0 Å². The van der Waals surface area contributed by atoms with Crippen LogP contribution in [0.25, 0.3) is 10.9 Å². The summed E-state index contributed by atoms with van der Waals surface area (Å²) in [6.45, 7) is 5.93. The Morgan fingerprint density at radius 1 is 1.32 bits per heavy atom. The van der Waals surface area contributed by atoms with Crippen LogP contribution in [0, 0.1) is 12.8 Å². The predicted octanol–water partition coefficient (Wildman–Crippen LogP) is 1.66. The molecule has 0 radical (unpaired) electrons. The lowest BCUT2D eigenvalue weighted by atomic mass is 10.1. The van der Waals surface area contributed by atoms with E-state index in [1.807, 2.05) is 26.8 Å². The molecule has 7 nitrogen and oxygen atoms in total. The first-order valence-electron chi connectivity index (χ1n) is 8.24. The van der Waals surface area contributed by atoms with Crippen LogP contribution in [0.15, 0.2) is 29.3 Å². The maximum atomic E-state index is 12.5. The molecule has 1 heterocycles. The number of aryl methyl sites for hydroxylation is 2. The number of hydrogen-bond donors (Lipinski definition) is 1. The van der Waals surface area contributed by atoms with Crippen molar-refractivity contribution in [2.75, 3.05) is 13.1 Å². The molecular formula is C18H23N3O4. The van der Waals surface area contributed by atoms with Gasteiger partial charge in [-0.05, 0) is 24.5 Å². The van der Waals surface area contributed by atoms with E-state index in [9.17, 15) is 14.4 Å². The largest absolute Gasteiger partial charge is 0.480 e. The zero-order valence-electron chi connectivity index (χ0n) is 14.7. The summed E-state index contributed by atoms with van der Waals surface area (Å²) in [5, 5.41) is 9.47. The molecule has 0 aliphatic carbocycles. The van der Waals surface area contributed by atoms with Crippen LogP contribution < -0.4 is 5.56 Å². The number of hydrogen-bond acceptors (Lipinski definition) is 4. The van der Waals surface area contributed by atoms with Crippen LogP contribution in [0.2, 0.25) is 0 Å². The summed E-state index contributed by atoms with van der Waals surface area (Å²) in [5.41, 5.74) is 1.37. The highest BCUT2D eigenvalue weighted by atomic mass is 16.4. The second kappa shape index (κ2) is 7.92. The average molecular weight is 345 g/mol. The van der Waals surface area contributed by atoms with E-state index in [1.165, 1.54) is 15.8 Å². The molecule has 1 N–H and O–H groups in total. The molecular weight excluding hydrogens is 322 g/mol. The number of aromatic nitrogens is 2. The molecule has 25 heavy (non-hydrogen) atoms. The van der Waals surface area contributed by atoms with Gasteiger partial charge < -0.3 is 10.0 Å². The first-order chi connectivity index (χ1) is 11.8. The number of aliphatic carboxylic acids is 1. The van der Waals surface area contributed by atoms with Gasteiger partial charge >= 0.3 is 5.97 Å². The van der Waals surface area contributed by atoms with Crippen LogP contribution in [-0.2, 0) is 16.1 Å². The summed E-state index contributed by atoms with van der Waals surface area (Å²) in [5.74, 6) is -1.17. The molecule has 0 aliphatic rings. The lowest BCUT2D eigenvalue weighted by molar-refractivity contribution is -0.144. The normalized spacial score (nSPS) is 11.0. The quantitative estimate of drug-likeness (QED) is 0.824. The third-order valence-corrected chi connectivity index (χ3v) is 3.89. The van der Waals surface area contributed by atoms with Crippen LogP contribution in [-0.4, -0.2) is 44.5 Å². The molecule has 1 aromatic heterocycles. The smallest absolute Gasteiger partial charge is 0.323 e. The Morgan fingerprint density at radius 2 is 2.04 bits per heavy atom. The van der Waals surface area contributed by atoms with Crippen molar-refractivity contribution >= 4 is 22.8 Å². The fraction of sp³-hybridized carbons (Fsp3) is 0.444. The number of carboxylic acids is 1. The van der Waals surface area contributed by atoms with Gasteiger partial charge in [0.1, 0.15) is 6.54 Å². The average Bonchev–Trinajstić information content (AvgIpc) is 2.53. The maximum absolute atomic E-state index is 12.5. The van der Waals surface area contributed by atoms with Gasteiger partial charge in [-0.15, -0.1) is 0 Å². The summed E-state index contributed by atoms with van der Waals surface area (Å²) >= 11 is 0. The molecule has 0 saturated heterocycles. The van der Waals surface area contributed by atoms with Gasteiger partial charge in [0.2, 0.25) is 5.91 Å². The number of carboxylic acid groups (broad SMARTS) is 1. The van der Waals surface area contributed by atoms with Crippen molar-refractivity contribution in [2.24, 2.45) is 5.92 Å². The molecule has 0 bridgehead atoms. The van der Waals surface area contributed by atoms with Crippen molar-refractivity contribution in [1.29, 1.82) is 0 Å². The van der Waals surface area contributed by atoms with Crippen molar-refractivity contribution in [1.82, 2.24) is 14.5 Å². The molecule has 2 rings (SSSR count). The van der Waals surface area contributed by atoms with E-state index in [2.05, 4.69) is 4.98 Å². The minimum absolute atomic E-state index is 0.0545. The highest BCUT2D eigenvalue weighted by molar-refractivity contribution is 5.82.